The number of hydrogen-bond donors (Lipinski definition) is 7. The van der Waals surface area contributed by atoms with Crippen LogP contribution in [0.3, 0.4) is 0 Å². The lowest BCUT2D eigenvalue weighted by Gasteiger charge is -2.23. The van der Waals surface area contributed by atoms with Gasteiger partial charge in [0.25, 0.3) is 5.91 Å². The van der Waals surface area contributed by atoms with Crippen molar-refractivity contribution in [1.82, 2.24) is 31.2 Å². The van der Waals surface area contributed by atoms with Crippen LogP contribution in [0.5, 0.6) is 0 Å². The first-order valence-electron chi connectivity index (χ1n) is 15.2. The average molecular weight is 605 g/mol. The fourth-order valence-corrected chi connectivity index (χ4v) is 5.64. The van der Waals surface area contributed by atoms with Crippen molar-refractivity contribution in [2.75, 3.05) is 6.54 Å². The minimum atomic E-state index is -0.794. The summed E-state index contributed by atoms with van der Waals surface area (Å²) >= 11 is 0. The largest absolute Gasteiger partial charge is 0.370 e. The van der Waals surface area contributed by atoms with Crippen LogP contribution in [0.2, 0.25) is 0 Å². The molecule has 5 rings (SSSR count). The molecule has 3 atom stereocenters. The molecular formula is C35H40N8O2. The third kappa shape index (κ3) is 7.66. The van der Waals surface area contributed by atoms with Gasteiger partial charge in [-0.05, 0) is 65.4 Å². The number of guanidine groups is 1. The highest BCUT2D eigenvalue weighted by atomic mass is 16.2. The van der Waals surface area contributed by atoms with Gasteiger partial charge >= 0.3 is 0 Å². The van der Waals surface area contributed by atoms with Gasteiger partial charge < -0.3 is 32.0 Å². The summed E-state index contributed by atoms with van der Waals surface area (Å²) in [5.41, 5.74) is 7.99. The van der Waals surface area contributed by atoms with Crippen LogP contribution in [-0.2, 0) is 11.3 Å². The number of carbonyl (C=O) groups excluding carboxylic acids is 2. The van der Waals surface area contributed by atoms with E-state index in [0.29, 0.717) is 31.5 Å². The van der Waals surface area contributed by atoms with E-state index >= 15 is 0 Å². The molecule has 232 valence electrons. The molecule has 0 fully saturated rings. The van der Waals surface area contributed by atoms with Crippen LogP contribution in [-0.4, -0.2) is 40.3 Å². The molecule has 10 heteroatoms. The second-order valence-electron chi connectivity index (χ2n) is 11.2. The van der Waals surface area contributed by atoms with E-state index in [1.807, 2.05) is 92.7 Å². The van der Waals surface area contributed by atoms with E-state index in [1.165, 1.54) is 0 Å². The fourth-order valence-electron chi connectivity index (χ4n) is 5.64. The summed E-state index contributed by atoms with van der Waals surface area (Å²) in [5.74, 6) is 0.118. The lowest BCUT2D eigenvalue weighted by molar-refractivity contribution is -0.123. The Morgan fingerprint density at radius 1 is 0.889 bits per heavy atom. The molecule has 45 heavy (non-hydrogen) atoms. The summed E-state index contributed by atoms with van der Waals surface area (Å²) < 4.78 is 0. The molecule has 0 saturated heterocycles. The number of nitrogens with zero attached hydrogens (tertiary/aromatic N) is 1. The number of amides is 2. The minimum absolute atomic E-state index is 0.0229. The smallest absolute Gasteiger partial charge is 0.252 e. The molecule has 0 aliphatic carbocycles. The second kappa shape index (κ2) is 14.5. The first-order valence-corrected chi connectivity index (χ1v) is 15.2. The first kappa shape index (κ1) is 31.2. The number of nitrogens with two attached hydrogens (primary N) is 1. The average Bonchev–Trinajstić information content (AvgIpc) is 3.60. The summed E-state index contributed by atoms with van der Waals surface area (Å²) in [6.07, 6.45) is 4.42. The van der Waals surface area contributed by atoms with Crippen LogP contribution < -0.4 is 27.0 Å². The van der Waals surface area contributed by atoms with Crippen LogP contribution >= 0.6 is 0 Å². The maximum atomic E-state index is 13.8. The van der Waals surface area contributed by atoms with Gasteiger partial charge in [0.2, 0.25) is 5.91 Å². The van der Waals surface area contributed by atoms with Crippen LogP contribution in [0.25, 0.3) is 21.5 Å². The summed E-state index contributed by atoms with van der Waals surface area (Å²) in [6, 6.07) is 24.6. The van der Waals surface area contributed by atoms with E-state index in [4.69, 9.17) is 11.1 Å². The number of hydrogen-bond acceptors (Lipinski definition) is 5. The number of carbonyl (C=O) groups is 2. The van der Waals surface area contributed by atoms with Gasteiger partial charge in [-0.2, -0.15) is 0 Å². The molecule has 4 aromatic carbocycles. The van der Waals surface area contributed by atoms with Crippen molar-refractivity contribution in [3.05, 3.63) is 114 Å². The Kier molecular flexibility index (Phi) is 10.1. The number of fused-ring (bicyclic) bond motifs is 2. The van der Waals surface area contributed by atoms with Gasteiger partial charge in [0.1, 0.15) is 11.9 Å². The Morgan fingerprint density at radius 3 is 2.38 bits per heavy atom. The normalized spacial score (nSPS) is 13.2. The number of aromatic nitrogens is 2. The second-order valence-corrected chi connectivity index (χ2v) is 11.2. The van der Waals surface area contributed by atoms with Crippen LogP contribution in [0.1, 0.15) is 66.1 Å². The summed E-state index contributed by atoms with van der Waals surface area (Å²) in [6.45, 7) is 4.99. The monoisotopic (exact) mass is 604 g/mol. The first-order chi connectivity index (χ1) is 21.8. The van der Waals surface area contributed by atoms with Gasteiger partial charge in [0.15, 0.2) is 5.96 Å². The number of aromatic amines is 1. The molecule has 1 heterocycles. The molecule has 10 nitrogen and oxygen atoms in total. The van der Waals surface area contributed by atoms with Crippen molar-refractivity contribution >= 4 is 39.3 Å². The van der Waals surface area contributed by atoms with Crippen molar-refractivity contribution in [3.8, 4) is 0 Å². The van der Waals surface area contributed by atoms with Crippen molar-refractivity contribution in [1.29, 1.82) is 5.41 Å². The minimum Gasteiger partial charge on any atom is -0.370 e. The highest BCUT2D eigenvalue weighted by Gasteiger charge is 2.24. The molecule has 5 aromatic rings. The maximum absolute atomic E-state index is 13.8. The summed E-state index contributed by atoms with van der Waals surface area (Å²) in [4.78, 5) is 34.9. The Hall–Kier alpha value is -5.22. The van der Waals surface area contributed by atoms with E-state index in [2.05, 4.69) is 31.2 Å². The third-order valence-electron chi connectivity index (χ3n) is 8.04. The quantitative estimate of drug-likeness (QED) is 0.0580. The number of H-pyrrole nitrogens is 1. The zero-order valence-electron chi connectivity index (χ0n) is 25.6. The predicted molar refractivity (Wildman–Crippen MR) is 179 cm³/mol. The molecule has 0 bridgehead atoms. The lowest BCUT2D eigenvalue weighted by atomic mass is 9.98. The molecule has 1 unspecified atom stereocenters. The lowest BCUT2D eigenvalue weighted by Crippen LogP contribution is -2.47. The Bertz CT molecular complexity index is 1780. The summed E-state index contributed by atoms with van der Waals surface area (Å²) in [5, 5.41) is 23.8. The zero-order valence-corrected chi connectivity index (χ0v) is 25.6. The van der Waals surface area contributed by atoms with Gasteiger partial charge in [0.05, 0.1) is 12.1 Å². The van der Waals surface area contributed by atoms with E-state index < -0.39 is 6.04 Å². The van der Waals surface area contributed by atoms with Crippen LogP contribution in [0.15, 0.2) is 91.3 Å². The van der Waals surface area contributed by atoms with E-state index in [0.717, 1.165) is 38.5 Å². The molecule has 0 radical (unpaired) electrons. The SMILES string of the molecule is CC(NCc1ccc(C(=O)N[C@@H](CCCNC(=N)N)C(=O)N[C@@H](C)c2cccc3ccccc23)c2ccccc12)c1ncc[nH]1. The highest BCUT2D eigenvalue weighted by molar-refractivity contribution is 6.09. The van der Waals surface area contributed by atoms with Gasteiger partial charge in [-0.3, -0.25) is 15.0 Å². The molecule has 1 aromatic heterocycles. The van der Waals surface area contributed by atoms with Crippen molar-refractivity contribution in [2.45, 2.75) is 51.4 Å². The Morgan fingerprint density at radius 2 is 1.62 bits per heavy atom. The zero-order chi connectivity index (χ0) is 31.8. The number of nitrogens with one attached hydrogen (secondary N) is 6. The Balaban J connectivity index is 1.34. The van der Waals surface area contributed by atoms with Crippen molar-refractivity contribution in [3.63, 3.8) is 0 Å². The molecule has 8 N–H and O–H groups in total. The summed E-state index contributed by atoms with van der Waals surface area (Å²) in [7, 11) is 0. The van der Waals surface area contributed by atoms with E-state index in [-0.39, 0.29) is 29.9 Å². The fraction of sp³-hybridized carbons (Fsp3) is 0.257. The van der Waals surface area contributed by atoms with E-state index in [9.17, 15) is 9.59 Å². The standard InChI is InChI=1S/C35H40N8O2/c1-22(26-14-7-10-24-9-3-4-11-27(24)26)42-34(45)31(15-8-18-40-35(36)37)43-33(44)30-17-16-25(28-12-5-6-13-29(28)30)21-41-23(2)32-38-19-20-39-32/h3-7,9-14,16-17,19-20,22-23,31,41H,8,15,18,21H2,1-2H3,(H,38,39)(H,42,45)(H,43,44)(H4,36,37,40)/t22-,23?,31-/m0/s1. The van der Waals surface area contributed by atoms with Crippen molar-refractivity contribution < 1.29 is 9.59 Å². The predicted octanol–water partition coefficient (Wildman–Crippen LogP) is 4.81. The van der Waals surface area contributed by atoms with Gasteiger partial charge in [-0.25, -0.2) is 4.98 Å². The topological polar surface area (TPSA) is 161 Å². The van der Waals surface area contributed by atoms with Gasteiger partial charge in [-0.15, -0.1) is 0 Å². The highest BCUT2D eigenvalue weighted by Crippen LogP contribution is 2.26. The maximum Gasteiger partial charge on any atom is 0.252 e. The van der Waals surface area contributed by atoms with Crippen molar-refractivity contribution in [2.24, 2.45) is 5.73 Å². The molecule has 0 aliphatic rings. The van der Waals surface area contributed by atoms with Crippen LogP contribution in [0.4, 0.5) is 0 Å². The number of rotatable bonds is 13. The molecular weight excluding hydrogens is 564 g/mol. The Labute approximate surface area is 262 Å². The molecule has 2 amide bonds. The van der Waals surface area contributed by atoms with E-state index in [1.54, 1.807) is 12.4 Å². The molecule has 0 aliphatic heterocycles. The van der Waals surface area contributed by atoms with Gasteiger partial charge in [-0.1, -0.05) is 72.8 Å². The third-order valence-corrected chi connectivity index (χ3v) is 8.04. The molecule has 0 spiro atoms. The van der Waals surface area contributed by atoms with Crippen LogP contribution in [0, 0.1) is 5.41 Å². The number of benzene rings is 4. The number of imidazole rings is 1. The molecule has 0 saturated carbocycles. The van der Waals surface area contributed by atoms with Gasteiger partial charge in [0, 0.05) is 31.0 Å².